The van der Waals surface area contributed by atoms with Gasteiger partial charge in [-0.25, -0.2) is 8.42 Å². The van der Waals surface area contributed by atoms with Crippen molar-refractivity contribution < 1.29 is 13.2 Å². The molecule has 0 spiro atoms. The number of ether oxygens (including phenoxy) is 1. The zero-order valence-corrected chi connectivity index (χ0v) is 13.8. The van der Waals surface area contributed by atoms with Crippen LogP contribution >= 0.6 is 0 Å². The molecule has 5 heteroatoms. The SMILES string of the molecule is CCNC(C1CCCC(S(C)(=O)=O)C1)C1(C)CCCO1. The average molecular weight is 303 g/mol. The van der Waals surface area contributed by atoms with Crippen LogP contribution in [0.15, 0.2) is 0 Å². The average Bonchev–Trinajstić information content (AvgIpc) is 2.83. The Morgan fingerprint density at radius 3 is 2.65 bits per heavy atom. The quantitative estimate of drug-likeness (QED) is 0.845. The highest BCUT2D eigenvalue weighted by Crippen LogP contribution is 2.39. The minimum absolute atomic E-state index is 0.125. The van der Waals surface area contributed by atoms with Crippen molar-refractivity contribution in [3.05, 3.63) is 0 Å². The third-order valence-electron chi connectivity index (χ3n) is 5.07. The van der Waals surface area contributed by atoms with Gasteiger partial charge in [-0.2, -0.15) is 0 Å². The summed E-state index contributed by atoms with van der Waals surface area (Å²) in [6, 6.07) is 0.277. The summed E-state index contributed by atoms with van der Waals surface area (Å²) in [6.45, 7) is 6.05. The molecule has 2 fully saturated rings. The van der Waals surface area contributed by atoms with E-state index < -0.39 is 9.84 Å². The summed E-state index contributed by atoms with van der Waals surface area (Å²) in [4.78, 5) is 0. The molecule has 1 N–H and O–H groups in total. The standard InChI is InChI=1S/C15H29NO3S/c1-4-16-14(15(2)9-6-10-19-15)12-7-5-8-13(11-12)20(3,17)18/h12-14,16H,4-11H2,1-3H3. The Hall–Kier alpha value is -0.130. The predicted octanol–water partition coefficient (Wildman–Crippen LogP) is 2.14. The number of likely N-dealkylation sites (N-methyl/N-ethyl adjacent to an activating group) is 1. The summed E-state index contributed by atoms with van der Waals surface area (Å²) in [7, 11) is -2.92. The van der Waals surface area contributed by atoms with E-state index in [1.54, 1.807) is 0 Å². The molecule has 0 aromatic carbocycles. The van der Waals surface area contributed by atoms with E-state index in [-0.39, 0.29) is 16.9 Å². The first-order chi connectivity index (χ1) is 9.37. The van der Waals surface area contributed by atoms with Gasteiger partial charge in [0, 0.05) is 18.9 Å². The molecule has 20 heavy (non-hydrogen) atoms. The van der Waals surface area contributed by atoms with Gasteiger partial charge < -0.3 is 10.1 Å². The van der Waals surface area contributed by atoms with Crippen LogP contribution in [0, 0.1) is 5.92 Å². The van der Waals surface area contributed by atoms with Crippen molar-refractivity contribution in [2.24, 2.45) is 5.92 Å². The van der Waals surface area contributed by atoms with Gasteiger partial charge in [0.1, 0.15) is 9.84 Å². The van der Waals surface area contributed by atoms with E-state index in [0.717, 1.165) is 51.7 Å². The van der Waals surface area contributed by atoms with Crippen LogP contribution in [0.25, 0.3) is 0 Å². The van der Waals surface area contributed by atoms with Gasteiger partial charge in [0.2, 0.25) is 0 Å². The van der Waals surface area contributed by atoms with Gasteiger partial charge in [-0.05, 0) is 51.5 Å². The lowest BCUT2D eigenvalue weighted by molar-refractivity contribution is -0.0331. The molecule has 2 aliphatic rings. The van der Waals surface area contributed by atoms with Gasteiger partial charge in [0.05, 0.1) is 10.9 Å². The molecule has 0 amide bonds. The van der Waals surface area contributed by atoms with E-state index >= 15 is 0 Å². The second-order valence-corrected chi connectivity index (χ2v) is 9.00. The first-order valence-electron chi connectivity index (χ1n) is 7.93. The van der Waals surface area contributed by atoms with E-state index in [1.807, 2.05) is 0 Å². The van der Waals surface area contributed by atoms with E-state index in [0.29, 0.717) is 5.92 Å². The third kappa shape index (κ3) is 3.55. The smallest absolute Gasteiger partial charge is 0.150 e. The molecular weight excluding hydrogens is 274 g/mol. The van der Waals surface area contributed by atoms with Crippen molar-refractivity contribution in [1.29, 1.82) is 0 Å². The van der Waals surface area contributed by atoms with Crippen LogP contribution in [0.2, 0.25) is 0 Å². The Morgan fingerprint density at radius 1 is 1.35 bits per heavy atom. The molecule has 0 bridgehead atoms. The summed E-state index contributed by atoms with van der Waals surface area (Å²) in [5, 5.41) is 3.43. The summed E-state index contributed by atoms with van der Waals surface area (Å²) >= 11 is 0. The van der Waals surface area contributed by atoms with Crippen LogP contribution in [0.1, 0.15) is 52.4 Å². The van der Waals surface area contributed by atoms with E-state index in [4.69, 9.17) is 4.74 Å². The van der Waals surface area contributed by atoms with Crippen LogP contribution in [0.5, 0.6) is 0 Å². The second-order valence-electron chi connectivity index (χ2n) is 6.68. The van der Waals surface area contributed by atoms with Crippen LogP contribution in [0.3, 0.4) is 0 Å². The second kappa shape index (κ2) is 6.32. The fourth-order valence-electron chi connectivity index (χ4n) is 4.02. The van der Waals surface area contributed by atoms with Crippen molar-refractivity contribution in [3.8, 4) is 0 Å². The van der Waals surface area contributed by atoms with Crippen molar-refractivity contribution in [2.75, 3.05) is 19.4 Å². The van der Waals surface area contributed by atoms with E-state index in [2.05, 4.69) is 19.2 Å². The molecular formula is C15H29NO3S. The van der Waals surface area contributed by atoms with Crippen LogP contribution < -0.4 is 5.32 Å². The van der Waals surface area contributed by atoms with E-state index in [1.165, 1.54) is 6.26 Å². The topological polar surface area (TPSA) is 55.4 Å². The fraction of sp³-hybridized carbons (Fsp3) is 1.00. The first kappa shape index (κ1) is 16.2. The highest BCUT2D eigenvalue weighted by molar-refractivity contribution is 7.91. The molecule has 4 atom stereocenters. The maximum absolute atomic E-state index is 11.9. The first-order valence-corrected chi connectivity index (χ1v) is 9.88. The fourth-order valence-corrected chi connectivity index (χ4v) is 5.21. The van der Waals surface area contributed by atoms with Gasteiger partial charge in [0.15, 0.2) is 0 Å². The predicted molar refractivity (Wildman–Crippen MR) is 81.6 cm³/mol. The zero-order valence-electron chi connectivity index (χ0n) is 13.0. The Morgan fingerprint density at radius 2 is 2.10 bits per heavy atom. The maximum atomic E-state index is 11.9. The molecule has 0 radical (unpaired) electrons. The van der Waals surface area contributed by atoms with Gasteiger partial charge in [0.25, 0.3) is 0 Å². The Bertz CT molecular complexity index is 415. The summed E-state index contributed by atoms with van der Waals surface area (Å²) in [5.74, 6) is 0.409. The normalized spacial score (nSPS) is 37.0. The molecule has 1 aliphatic heterocycles. The van der Waals surface area contributed by atoms with Gasteiger partial charge in [-0.1, -0.05) is 13.3 Å². The van der Waals surface area contributed by atoms with Gasteiger partial charge in [-0.15, -0.1) is 0 Å². The largest absolute Gasteiger partial charge is 0.374 e. The van der Waals surface area contributed by atoms with Crippen molar-refractivity contribution >= 4 is 9.84 Å². The molecule has 4 nitrogen and oxygen atoms in total. The van der Waals surface area contributed by atoms with Crippen molar-refractivity contribution in [2.45, 2.75) is 69.3 Å². The monoisotopic (exact) mass is 303 g/mol. The van der Waals surface area contributed by atoms with Crippen molar-refractivity contribution in [3.63, 3.8) is 0 Å². The lowest BCUT2D eigenvalue weighted by atomic mass is 9.76. The highest BCUT2D eigenvalue weighted by Gasteiger charge is 2.44. The van der Waals surface area contributed by atoms with Crippen LogP contribution in [0.4, 0.5) is 0 Å². The number of nitrogens with one attached hydrogen (secondary N) is 1. The molecule has 118 valence electrons. The summed E-state index contributed by atoms with van der Waals surface area (Å²) < 4.78 is 29.7. The zero-order chi connectivity index (χ0) is 14.8. The minimum Gasteiger partial charge on any atom is -0.374 e. The molecule has 4 unspecified atom stereocenters. The van der Waals surface area contributed by atoms with Crippen LogP contribution in [-0.4, -0.2) is 44.7 Å². The Kier molecular flexibility index (Phi) is 5.14. The number of sulfone groups is 1. The molecule has 2 rings (SSSR count). The molecule has 1 saturated heterocycles. The third-order valence-corrected chi connectivity index (χ3v) is 6.71. The molecule has 1 heterocycles. The summed E-state index contributed by atoms with van der Waals surface area (Å²) in [5.41, 5.74) is -0.125. The van der Waals surface area contributed by atoms with Crippen molar-refractivity contribution in [1.82, 2.24) is 5.32 Å². The lowest BCUT2D eigenvalue weighted by Crippen LogP contribution is -2.54. The Balaban J connectivity index is 2.12. The molecule has 0 aromatic heterocycles. The maximum Gasteiger partial charge on any atom is 0.150 e. The van der Waals surface area contributed by atoms with E-state index in [9.17, 15) is 8.42 Å². The number of rotatable bonds is 5. The summed E-state index contributed by atoms with van der Waals surface area (Å²) in [6.07, 6.45) is 7.31. The number of hydrogen-bond donors (Lipinski definition) is 1. The molecule has 0 aromatic rings. The van der Waals surface area contributed by atoms with Crippen LogP contribution in [-0.2, 0) is 14.6 Å². The highest BCUT2D eigenvalue weighted by atomic mass is 32.2. The minimum atomic E-state index is -2.92. The molecule has 1 aliphatic carbocycles. The van der Waals surface area contributed by atoms with Gasteiger partial charge in [-0.3, -0.25) is 0 Å². The molecule has 1 saturated carbocycles. The lowest BCUT2D eigenvalue weighted by Gasteiger charge is -2.42. The number of hydrogen-bond acceptors (Lipinski definition) is 4. The van der Waals surface area contributed by atoms with Gasteiger partial charge >= 0.3 is 0 Å². The Labute approximate surface area is 123 Å².